The molecule has 0 radical (unpaired) electrons. The molecule has 0 amide bonds. The Kier molecular flexibility index (Phi) is 9.33. The summed E-state index contributed by atoms with van der Waals surface area (Å²) < 4.78 is 26.7. The minimum Gasteiger partial charge on any atom is -0.498 e. The Balaban J connectivity index is 1.43. The fraction of sp³-hybridized carbons (Fsp3) is 0.778. The molecule has 3 aliphatic rings. The molecule has 2 fully saturated rings. The van der Waals surface area contributed by atoms with Gasteiger partial charge in [0.2, 0.25) is 0 Å². The first-order chi connectivity index (χ1) is 14.7. The van der Waals surface area contributed by atoms with Crippen molar-refractivity contribution in [1.29, 1.82) is 0 Å². The van der Waals surface area contributed by atoms with Gasteiger partial charge in [0.25, 0.3) is 0 Å². The predicted octanol–water partition coefficient (Wildman–Crippen LogP) is 7.76. The molecule has 3 heteroatoms. The van der Waals surface area contributed by atoms with Gasteiger partial charge in [0.1, 0.15) is 11.5 Å². The number of allylic oxidation sites excluding steroid dienone is 5. The molecule has 170 valence electrons. The molecule has 3 rings (SSSR count). The van der Waals surface area contributed by atoms with Crippen LogP contribution >= 0.6 is 0 Å². The van der Waals surface area contributed by atoms with Crippen molar-refractivity contribution in [2.75, 3.05) is 13.2 Å². The van der Waals surface area contributed by atoms with Crippen molar-refractivity contribution >= 4 is 0 Å². The van der Waals surface area contributed by atoms with E-state index in [4.69, 9.17) is 9.47 Å². The fourth-order valence-corrected chi connectivity index (χ4v) is 5.98. The van der Waals surface area contributed by atoms with Gasteiger partial charge in [-0.25, -0.2) is 4.39 Å². The van der Waals surface area contributed by atoms with E-state index in [0.717, 1.165) is 17.8 Å². The standard InChI is InChI=1S/C27H43FO2/c1-4-7-20-9-13-22(14-10-20)23-15-11-21(12-16-23)19-30-26-18-17-25(29-6-3)24(8-5-2)27(26)28/h5,17-18,20-24,27H,2,4,6-16,19H2,1,3H3. The Labute approximate surface area is 184 Å². The Morgan fingerprint density at radius 3 is 2.07 bits per heavy atom. The summed E-state index contributed by atoms with van der Waals surface area (Å²) in [5.41, 5.74) is 0. The highest BCUT2D eigenvalue weighted by molar-refractivity contribution is 5.25. The maximum absolute atomic E-state index is 15.1. The van der Waals surface area contributed by atoms with E-state index in [9.17, 15) is 0 Å². The lowest BCUT2D eigenvalue weighted by atomic mass is 9.69. The van der Waals surface area contributed by atoms with Crippen LogP contribution in [-0.2, 0) is 9.47 Å². The van der Waals surface area contributed by atoms with Crippen LogP contribution in [0.25, 0.3) is 0 Å². The summed E-state index contributed by atoms with van der Waals surface area (Å²) in [5.74, 6) is 4.32. The van der Waals surface area contributed by atoms with Crippen LogP contribution in [-0.4, -0.2) is 19.4 Å². The maximum Gasteiger partial charge on any atom is 0.167 e. The van der Waals surface area contributed by atoms with Crippen molar-refractivity contribution < 1.29 is 13.9 Å². The summed E-state index contributed by atoms with van der Waals surface area (Å²) >= 11 is 0. The van der Waals surface area contributed by atoms with E-state index in [-0.39, 0.29) is 5.92 Å². The van der Waals surface area contributed by atoms with E-state index in [1.807, 2.05) is 13.0 Å². The molecule has 0 heterocycles. The molecule has 0 aromatic heterocycles. The van der Waals surface area contributed by atoms with Crippen molar-refractivity contribution in [1.82, 2.24) is 0 Å². The van der Waals surface area contributed by atoms with Crippen molar-refractivity contribution in [3.63, 3.8) is 0 Å². The summed E-state index contributed by atoms with van der Waals surface area (Å²) in [7, 11) is 0. The second-order valence-corrected chi connectivity index (χ2v) is 9.77. The zero-order valence-corrected chi connectivity index (χ0v) is 19.3. The van der Waals surface area contributed by atoms with Gasteiger partial charge in [-0.15, -0.1) is 6.58 Å². The van der Waals surface area contributed by atoms with Gasteiger partial charge in [-0.05, 0) is 87.7 Å². The lowest BCUT2D eigenvalue weighted by molar-refractivity contribution is 0.0622. The second-order valence-electron chi connectivity index (χ2n) is 9.77. The molecule has 3 aliphatic carbocycles. The summed E-state index contributed by atoms with van der Waals surface area (Å²) in [6.45, 7) is 9.24. The third-order valence-corrected chi connectivity index (χ3v) is 7.77. The molecule has 0 aromatic carbocycles. The molecular weight excluding hydrogens is 375 g/mol. The van der Waals surface area contributed by atoms with Gasteiger partial charge in [0, 0.05) is 0 Å². The first-order valence-electron chi connectivity index (χ1n) is 12.6. The van der Waals surface area contributed by atoms with Crippen LogP contribution in [0, 0.1) is 29.6 Å². The SMILES string of the molecule is C=CCC1C(OCC)=CC=C(OCC2CCC(C3CCC(CCC)CC3)CC2)C1F. The molecule has 0 aromatic rings. The van der Waals surface area contributed by atoms with Crippen molar-refractivity contribution in [3.05, 3.63) is 36.3 Å². The van der Waals surface area contributed by atoms with Gasteiger partial charge in [-0.1, -0.05) is 38.7 Å². The third kappa shape index (κ3) is 6.14. The van der Waals surface area contributed by atoms with Gasteiger partial charge in [0.15, 0.2) is 6.17 Å². The molecule has 2 unspecified atom stereocenters. The Morgan fingerprint density at radius 2 is 1.50 bits per heavy atom. The predicted molar refractivity (Wildman–Crippen MR) is 123 cm³/mol. The minimum atomic E-state index is -1.14. The normalized spacial score (nSPS) is 34.6. The number of rotatable bonds is 10. The zero-order chi connectivity index (χ0) is 21.3. The van der Waals surface area contributed by atoms with E-state index in [0.29, 0.717) is 37.1 Å². The van der Waals surface area contributed by atoms with Gasteiger partial charge in [-0.3, -0.25) is 0 Å². The van der Waals surface area contributed by atoms with Gasteiger partial charge >= 0.3 is 0 Å². The van der Waals surface area contributed by atoms with Crippen LogP contribution in [0.4, 0.5) is 4.39 Å². The molecule has 2 saturated carbocycles. The summed E-state index contributed by atoms with van der Waals surface area (Å²) in [6, 6.07) is 0. The Bertz CT molecular complexity index is 580. The Hall–Kier alpha value is -1.25. The van der Waals surface area contributed by atoms with Crippen LogP contribution in [0.15, 0.2) is 36.3 Å². The smallest absolute Gasteiger partial charge is 0.167 e. The van der Waals surface area contributed by atoms with E-state index in [1.54, 1.807) is 12.2 Å². The molecule has 0 spiro atoms. The Morgan fingerprint density at radius 1 is 0.900 bits per heavy atom. The topological polar surface area (TPSA) is 18.5 Å². The molecule has 2 nitrogen and oxygen atoms in total. The summed E-state index contributed by atoms with van der Waals surface area (Å²) in [4.78, 5) is 0. The minimum absolute atomic E-state index is 0.305. The van der Waals surface area contributed by atoms with Crippen LogP contribution in [0.2, 0.25) is 0 Å². The molecule has 0 aliphatic heterocycles. The van der Waals surface area contributed by atoms with Crippen LogP contribution in [0.5, 0.6) is 0 Å². The van der Waals surface area contributed by atoms with Crippen molar-refractivity contribution in [2.24, 2.45) is 29.6 Å². The number of alkyl halides is 1. The van der Waals surface area contributed by atoms with Gasteiger partial charge in [-0.2, -0.15) is 0 Å². The molecule has 0 saturated heterocycles. The number of hydrogen-bond acceptors (Lipinski definition) is 2. The second kappa shape index (κ2) is 12.0. The van der Waals surface area contributed by atoms with Crippen LogP contribution in [0.1, 0.15) is 84.5 Å². The third-order valence-electron chi connectivity index (χ3n) is 7.77. The quantitative estimate of drug-likeness (QED) is 0.337. The van der Waals surface area contributed by atoms with Gasteiger partial charge in [0.05, 0.1) is 19.1 Å². The highest BCUT2D eigenvalue weighted by Crippen LogP contribution is 2.42. The average Bonchev–Trinajstić information content (AvgIpc) is 2.77. The van der Waals surface area contributed by atoms with Gasteiger partial charge < -0.3 is 9.47 Å². The number of ether oxygens (including phenoxy) is 2. The van der Waals surface area contributed by atoms with Crippen molar-refractivity contribution in [3.8, 4) is 0 Å². The largest absolute Gasteiger partial charge is 0.498 e. The number of halogens is 1. The zero-order valence-electron chi connectivity index (χ0n) is 19.3. The summed E-state index contributed by atoms with van der Waals surface area (Å²) in [6.07, 6.45) is 18.6. The molecule has 0 N–H and O–H groups in total. The molecular formula is C27H43FO2. The summed E-state index contributed by atoms with van der Waals surface area (Å²) in [5, 5.41) is 0. The first kappa shape index (κ1) is 23.4. The first-order valence-corrected chi connectivity index (χ1v) is 12.6. The lowest BCUT2D eigenvalue weighted by Crippen LogP contribution is -2.29. The lowest BCUT2D eigenvalue weighted by Gasteiger charge is -2.38. The number of hydrogen-bond donors (Lipinski definition) is 0. The maximum atomic E-state index is 15.1. The average molecular weight is 419 g/mol. The van der Waals surface area contributed by atoms with Crippen LogP contribution in [0.3, 0.4) is 0 Å². The highest BCUT2D eigenvalue weighted by atomic mass is 19.1. The van der Waals surface area contributed by atoms with E-state index in [1.165, 1.54) is 64.2 Å². The van der Waals surface area contributed by atoms with E-state index >= 15 is 4.39 Å². The van der Waals surface area contributed by atoms with Crippen molar-refractivity contribution in [2.45, 2.75) is 90.6 Å². The molecule has 30 heavy (non-hydrogen) atoms. The fourth-order valence-electron chi connectivity index (χ4n) is 5.98. The molecule has 0 bridgehead atoms. The van der Waals surface area contributed by atoms with E-state index < -0.39 is 6.17 Å². The van der Waals surface area contributed by atoms with Crippen LogP contribution < -0.4 is 0 Å². The monoisotopic (exact) mass is 418 g/mol. The molecule has 2 atom stereocenters. The van der Waals surface area contributed by atoms with E-state index in [2.05, 4.69) is 13.5 Å². The highest BCUT2D eigenvalue weighted by Gasteiger charge is 2.34.